The minimum atomic E-state index is -0.331. The summed E-state index contributed by atoms with van der Waals surface area (Å²) in [6, 6.07) is 2.24. The van der Waals surface area contributed by atoms with Gasteiger partial charge in [0.1, 0.15) is 5.76 Å². The van der Waals surface area contributed by atoms with Crippen LogP contribution < -0.4 is 0 Å². The Labute approximate surface area is 117 Å². The average Bonchev–Trinajstić information content (AvgIpc) is 2.46. The monoisotopic (exact) mass is 289 g/mol. The van der Waals surface area contributed by atoms with Gasteiger partial charge in [-0.05, 0) is 25.5 Å². The van der Waals surface area contributed by atoms with Crippen LogP contribution in [-0.2, 0) is 35.8 Å². The molecule has 6 heteroatoms. The van der Waals surface area contributed by atoms with Crippen molar-refractivity contribution in [3.63, 3.8) is 0 Å². The molecule has 5 nitrogen and oxygen atoms in total. The minimum absolute atomic E-state index is 0. The Morgan fingerprint density at radius 1 is 1.28 bits per heavy atom. The molecular weight excluding hydrogens is 278 g/mol. The second-order valence-electron chi connectivity index (χ2n) is 2.88. The van der Waals surface area contributed by atoms with Crippen molar-refractivity contribution < 1.29 is 35.8 Å². The van der Waals surface area contributed by atoms with E-state index in [-0.39, 0.29) is 22.5 Å². The van der Waals surface area contributed by atoms with Crippen molar-refractivity contribution in [1.82, 2.24) is 0 Å². The van der Waals surface area contributed by atoms with Crippen molar-refractivity contribution in [1.29, 1.82) is 5.26 Å². The Balaban J connectivity index is -0.000000123. The summed E-state index contributed by atoms with van der Waals surface area (Å²) in [5.74, 6) is 0.845. The van der Waals surface area contributed by atoms with Crippen molar-refractivity contribution >= 4 is 0 Å². The van der Waals surface area contributed by atoms with Crippen LogP contribution in [0, 0.1) is 36.7 Å². The van der Waals surface area contributed by atoms with Crippen molar-refractivity contribution in [2.24, 2.45) is 5.41 Å². The molecule has 0 heterocycles. The summed E-state index contributed by atoms with van der Waals surface area (Å²) in [5.41, 5.74) is -0.331. The quantitative estimate of drug-likeness (QED) is 0.419. The van der Waals surface area contributed by atoms with Gasteiger partial charge in [-0.15, -0.1) is 0 Å². The number of nitrogens with zero attached hydrogens (tertiary/aromatic N) is 1. The van der Waals surface area contributed by atoms with E-state index < -0.39 is 0 Å². The Morgan fingerprint density at radius 2 is 1.72 bits per heavy atom. The maximum Gasteiger partial charge on any atom is 0 e. The normalized spacial score (nSPS) is 18.1. The van der Waals surface area contributed by atoms with Crippen LogP contribution >= 0.6 is 0 Å². The third-order valence-corrected chi connectivity index (χ3v) is 1.83. The molecule has 0 aromatic rings. The van der Waals surface area contributed by atoms with Gasteiger partial charge in [-0.1, -0.05) is 6.08 Å². The summed E-state index contributed by atoms with van der Waals surface area (Å²) in [4.78, 5) is 0. The molecule has 0 saturated heterocycles. The van der Waals surface area contributed by atoms with Gasteiger partial charge in [0.25, 0.3) is 0 Å². The summed E-state index contributed by atoms with van der Waals surface area (Å²) in [6.45, 7) is 15.4. The predicted octanol–water partition coefficient (Wildman–Crippen LogP) is 1.89. The first-order valence-corrected chi connectivity index (χ1v) is 4.16. The van der Waals surface area contributed by atoms with E-state index in [2.05, 4.69) is 26.0 Å². The van der Waals surface area contributed by atoms with Crippen molar-refractivity contribution in [2.75, 3.05) is 7.11 Å². The van der Waals surface area contributed by atoms with Gasteiger partial charge >= 0.3 is 33.9 Å². The largest absolute Gasteiger partial charge is 0 e. The fraction of sp³-hybridized carbons (Fsp3) is 0.333. The van der Waals surface area contributed by atoms with Gasteiger partial charge in [0, 0.05) is 17.1 Å². The molecule has 18 heavy (non-hydrogen) atoms. The van der Waals surface area contributed by atoms with Gasteiger partial charge in [-0.2, -0.15) is 5.26 Å². The Bertz CT molecular complexity index is 348. The molecule has 0 aliphatic heterocycles. The first-order chi connectivity index (χ1) is 8.20. The number of methoxy groups -OCH3 is 1. The first-order valence-electron chi connectivity index (χ1n) is 4.16. The molecule has 1 atom stereocenters. The zero-order valence-corrected chi connectivity index (χ0v) is 11.0. The van der Waals surface area contributed by atoms with Crippen molar-refractivity contribution in [3.05, 3.63) is 43.9 Å². The Kier molecular flexibility index (Phi) is 25.2. The SMILES string of the molecule is COC1=CCC(C)(C#N)C=C1.[C-]#[O+].[C-]#[O+].[C-]#[O+].[Fe]. The predicted molar refractivity (Wildman–Crippen MR) is 54.4 cm³/mol. The molecule has 0 fully saturated rings. The molecule has 1 rings (SSSR count). The fourth-order valence-corrected chi connectivity index (χ4v) is 0.949. The molecule has 0 amide bonds. The van der Waals surface area contributed by atoms with Crippen LogP contribution in [0.4, 0.5) is 0 Å². The number of ether oxygens (including phenoxy) is 1. The van der Waals surface area contributed by atoms with E-state index in [1.165, 1.54) is 0 Å². The van der Waals surface area contributed by atoms with Crippen LogP contribution in [-0.4, -0.2) is 7.11 Å². The molecule has 0 spiro atoms. The van der Waals surface area contributed by atoms with Crippen LogP contribution in [0.3, 0.4) is 0 Å². The summed E-state index contributed by atoms with van der Waals surface area (Å²) >= 11 is 0. The first kappa shape index (κ1) is 25.4. The maximum absolute atomic E-state index is 8.74. The zero-order valence-electron chi connectivity index (χ0n) is 9.87. The van der Waals surface area contributed by atoms with Crippen LogP contribution in [0.25, 0.3) is 0 Å². The van der Waals surface area contributed by atoms with Gasteiger partial charge in [-0.3, -0.25) is 0 Å². The van der Waals surface area contributed by atoms with Gasteiger partial charge in [0.05, 0.1) is 18.6 Å². The van der Waals surface area contributed by atoms with E-state index in [0.29, 0.717) is 0 Å². The molecule has 0 aromatic carbocycles. The molecule has 0 bridgehead atoms. The van der Waals surface area contributed by atoms with Crippen molar-refractivity contribution in [3.8, 4) is 6.07 Å². The van der Waals surface area contributed by atoms with Crippen LogP contribution in [0.15, 0.2) is 24.0 Å². The molecular formula is C12H11FeNO4. The second kappa shape index (κ2) is 17.9. The smallest absolute Gasteiger partial charge is 0 e. The summed E-state index contributed by atoms with van der Waals surface area (Å²) in [5, 5.41) is 8.74. The molecule has 0 radical (unpaired) electrons. The minimum Gasteiger partial charge on any atom is 0 e. The maximum atomic E-state index is 8.74. The van der Waals surface area contributed by atoms with Gasteiger partial charge < -0.3 is 4.74 Å². The number of hydrogen-bond acceptors (Lipinski definition) is 2. The molecule has 0 N–H and O–H groups in total. The van der Waals surface area contributed by atoms with E-state index in [9.17, 15) is 0 Å². The Morgan fingerprint density at radius 3 is 1.94 bits per heavy atom. The van der Waals surface area contributed by atoms with Gasteiger partial charge in [-0.25, -0.2) is 0 Å². The summed E-state index contributed by atoms with van der Waals surface area (Å²) < 4.78 is 27.5. The van der Waals surface area contributed by atoms with E-state index in [4.69, 9.17) is 24.0 Å². The second-order valence-corrected chi connectivity index (χ2v) is 2.88. The fourth-order valence-electron chi connectivity index (χ4n) is 0.949. The molecule has 96 valence electrons. The standard InChI is InChI=1S/C9H11NO.3CO.Fe/c1-9(7-10)5-3-8(11-2)4-6-9;3*1-2;/h3-5H,6H2,1-2H3;;;;. The van der Waals surface area contributed by atoms with E-state index in [1.807, 2.05) is 25.2 Å². The number of nitriles is 1. The summed E-state index contributed by atoms with van der Waals surface area (Å²) in [7, 11) is 1.63. The van der Waals surface area contributed by atoms with E-state index in [0.717, 1.165) is 12.2 Å². The molecule has 1 unspecified atom stereocenters. The van der Waals surface area contributed by atoms with Gasteiger partial charge in [0.2, 0.25) is 0 Å². The number of allylic oxidation sites excluding steroid dienone is 3. The van der Waals surface area contributed by atoms with E-state index >= 15 is 0 Å². The topological polar surface area (TPSA) is 92.7 Å². The molecule has 1 aliphatic rings. The average molecular weight is 289 g/mol. The molecule has 1 aliphatic carbocycles. The molecule has 0 aromatic heterocycles. The van der Waals surface area contributed by atoms with Crippen LogP contribution in [0.5, 0.6) is 0 Å². The summed E-state index contributed by atoms with van der Waals surface area (Å²) in [6.07, 6.45) is 6.39. The van der Waals surface area contributed by atoms with Gasteiger partial charge in [0.15, 0.2) is 0 Å². The Hall–Kier alpha value is -1.49. The van der Waals surface area contributed by atoms with Crippen LogP contribution in [0.1, 0.15) is 13.3 Å². The van der Waals surface area contributed by atoms with E-state index in [1.54, 1.807) is 7.11 Å². The van der Waals surface area contributed by atoms with Crippen molar-refractivity contribution in [2.45, 2.75) is 13.3 Å². The third kappa shape index (κ3) is 11.0. The van der Waals surface area contributed by atoms with Crippen LogP contribution in [0.2, 0.25) is 0 Å². The number of rotatable bonds is 1. The third-order valence-electron chi connectivity index (χ3n) is 1.83. The number of hydrogen-bond donors (Lipinski definition) is 0. The zero-order chi connectivity index (χ0) is 14.3. The molecule has 0 saturated carbocycles.